The fourth-order valence-electron chi connectivity index (χ4n) is 1.93. The van der Waals surface area contributed by atoms with Gasteiger partial charge in [0.05, 0.1) is 16.3 Å². The molecule has 0 saturated heterocycles. The Labute approximate surface area is 95.2 Å². The highest BCUT2D eigenvalue weighted by atomic mass is 32.2. The summed E-state index contributed by atoms with van der Waals surface area (Å²) in [5.74, 6) is 0.0595. The highest BCUT2D eigenvalue weighted by Gasteiger charge is 2.29. The van der Waals surface area contributed by atoms with Crippen LogP contribution in [-0.2, 0) is 9.84 Å². The number of rotatable bonds is 2. The van der Waals surface area contributed by atoms with Gasteiger partial charge in [-0.3, -0.25) is 0 Å². The van der Waals surface area contributed by atoms with Gasteiger partial charge in [-0.25, -0.2) is 8.42 Å². The summed E-state index contributed by atoms with van der Waals surface area (Å²) in [6.45, 7) is 1.87. The fourth-order valence-corrected chi connectivity index (χ4v) is 3.72. The summed E-state index contributed by atoms with van der Waals surface area (Å²) in [6.07, 6.45) is 0.451. The van der Waals surface area contributed by atoms with E-state index in [0.717, 1.165) is 5.56 Å². The molecule has 2 N–H and O–H groups in total. The molecule has 2 rings (SSSR count). The molecule has 1 aromatic rings. The molecule has 0 amide bonds. The van der Waals surface area contributed by atoms with Gasteiger partial charge in [-0.1, -0.05) is 6.07 Å². The largest absolute Gasteiger partial charge is 0.396 e. The van der Waals surface area contributed by atoms with Crippen molar-refractivity contribution in [1.82, 2.24) is 0 Å². The number of nitrogens with one attached hydrogen (secondary N) is 1. The van der Waals surface area contributed by atoms with Crippen LogP contribution in [0.3, 0.4) is 0 Å². The van der Waals surface area contributed by atoms with E-state index in [0.29, 0.717) is 17.0 Å². The molecule has 4 nitrogen and oxygen atoms in total. The molecule has 16 heavy (non-hydrogen) atoms. The Morgan fingerprint density at radius 2 is 2.25 bits per heavy atom. The topological polar surface area (TPSA) is 66.4 Å². The van der Waals surface area contributed by atoms with Crippen molar-refractivity contribution < 1.29 is 13.5 Å². The number of sulfone groups is 1. The van der Waals surface area contributed by atoms with Crippen LogP contribution in [0.2, 0.25) is 0 Å². The number of aryl methyl sites for hydroxylation is 1. The Balaban J connectivity index is 2.44. The summed E-state index contributed by atoms with van der Waals surface area (Å²) in [4.78, 5) is 0.377. The molecule has 0 spiro atoms. The van der Waals surface area contributed by atoms with E-state index in [2.05, 4.69) is 5.32 Å². The van der Waals surface area contributed by atoms with Gasteiger partial charge < -0.3 is 10.4 Å². The molecule has 1 aromatic carbocycles. The first-order valence-corrected chi connectivity index (χ1v) is 6.89. The number of fused-ring (bicyclic) bond motifs is 1. The molecule has 0 radical (unpaired) electrons. The highest BCUT2D eigenvalue weighted by Crippen LogP contribution is 2.29. The van der Waals surface area contributed by atoms with Crippen molar-refractivity contribution in [1.29, 1.82) is 0 Å². The smallest absolute Gasteiger partial charge is 0.182 e. The van der Waals surface area contributed by atoms with Gasteiger partial charge in [0.1, 0.15) is 0 Å². The maximum absolute atomic E-state index is 12.0. The van der Waals surface area contributed by atoms with E-state index in [-0.39, 0.29) is 18.4 Å². The minimum Gasteiger partial charge on any atom is -0.396 e. The van der Waals surface area contributed by atoms with Crippen molar-refractivity contribution in [3.8, 4) is 0 Å². The van der Waals surface area contributed by atoms with Gasteiger partial charge in [-0.15, -0.1) is 0 Å². The molecule has 1 heterocycles. The minimum atomic E-state index is -3.21. The summed E-state index contributed by atoms with van der Waals surface area (Å²) >= 11 is 0. The summed E-state index contributed by atoms with van der Waals surface area (Å²) in [7, 11) is -3.21. The van der Waals surface area contributed by atoms with Gasteiger partial charge in [-0.05, 0) is 31.0 Å². The predicted octanol–water partition coefficient (Wildman–Crippen LogP) is 0.945. The average molecular weight is 241 g/mol. The zero-order valence-corrected chi connectivity index (χ0v) is 9.92. The van der Waals surface area contributed by atoms with E-state index in [4.69, 9.17) is 5.11 Å². The third-order valence-corrected chi connectivity index (χ3v) is 4.58. The average Bonchev–Trinajstić information content (AvgIpc) is 2.19. The van der Waals surface area contributed by atoms with Gasteiger partial charge in [0.2, 0.25) is 0 Å². The monoisotopic (exact) mass is 241 g/mol. The lowest BCUT2D eigenvalue weighted by Crippen LogP contribution is -2.34. The van der Waals surface area contributed by atoms with Crippen LogP contribution in [0.4, 0.5) is 5.69 Å². The summed E-state index contributed by atoms with van der Waals surface area (Å²) in [5, 5.41) is 12.0. The first-order chi connectivity index (χ1) is 7.53. The second-order valence-corrected chi connectivity index (χ2v) is 6.14. The summed E-state index contributed by atoms with van der Waals surface area (Å²) < 4.78 is 24.0. The molecule has 88 valence electrons. The Morgan fingerprint density at radius 1 is 1.50 bits per heavy atom. The molecular formula is C11H15NO3S. The van der Waals surface area contributed by atoms with Gasteiger partial charge in [0.25, 0.3) is 0 Å². The molecule has 0 saturated carbocycles. The van der Waals surface area contributed by atoms with Crippen LogP contribution < -0.4 is 5.32 Å². The number of aliphatic hydroxyl groups excluding tert-OH is 1. The second kappa shape index (κ2) is 4.07. The number of benzene rings is 1. The predicted molar refractivity (Wildman–Crippen MR) is 62.3 cm³/mol. The molecule has 1 unspecified atom stereocenters. The summed E-state index contributed by atoms with van der Waals surface area (Å²) in [5.41, 5.74) is 1.58. The molecule has 0 aromatic heterocycles. The van der Waals surface area contributed by atoms with Gasteiger partial charge >= 0.3 is 0 Å². The van der Waals surface area contributed by atoms with E-state index >= 15 is 0 Å². The molecule has 1 aliphatic rings. The number of anilines is 1. The maximum Gasteiger partial charge on any atom is 0.182 e. The summed E-state index contributed by atoms with van der Waals surface area (Å²) in [6, 6.07) is 5.16. The van der Waals surface area contributed by atoms with E-state index in [9.17, 15) is 8.42 Å². The van der Waals surface area contributed by atoms with E-state index in [1.807, 2.05) is 13.0 Å². The normalized spacial score (nSPS) is 22.2. The lowest BCUT2D eigenvalue weighted by Gasteiger charge is -2.26. The zero-order valence-electron chi connectivity index (χ0n) is 9.10. The first kappa shape index (κ1) is 11.4. The van der Waals surface area contributed by atoms with Gasteiger partial charge in [-0.2, -0.15) is 0 Å². The van der Waals surface area contributed by atoms with Crippen LogP contribution in [0.1, 0.15) is 12.0 Å². The van der Waals surface area contributed by atoms with Gasteiger partial charge in [0.15, 0.2) is 9.84 Å². The first-order valence-electron chi connectivity index (χ1n) is 5.24. The Bertz CT molecular complexity index is 496. The molecule has 1 atom stereocenters. The van der Waals surface area contributed by atoms with E-state index < -0.39 is 9.84 Å². The van der Waals surface area contributed by atoms with Crippen LogP contribution in [-0.4, -0.2) is 31.9 Å². The van der Waals surface area contributed by atoms with Crippen LogP contribution >= 0.6 is 0 Å². The van der Waals surface area contributed by atoms with Crippen molar-refractivity contribution in [3.05, 3.63) is 23.8 Å². The van der Waals surface area contributed by atoms with E-state index in [1.165, 1.54) is 0 Å². The SMILES string of the molecule is Cc1ccc2c(c1)S(=O)(=O)CC(CCO)N2. The second-order valence-electron chi connectivity index (χ2n) is 4.13. The van der Waals surface area contributed by atoms with Crippen molar-refractivity contribution in [2.45, 2.75) is 24.3 Å². The maximum atomic E-state index is 12.0. The van der Waals surface area contributed by atoms with Crippen LogP contribution in [0, 0.1) is 6.92 Å². The quantitative estimate of drug-likeness (QED) is 0.809. The third-order valence-electron chi connectivity index (χ3n) is 2.73. The van der Waals surface area contributed by atoms with Crippen molar-refractivity contribution in [3.63, 3.8) is 0 Å². The number of hydrogen-bond acceptors (Lipinski definition) is 4. The molecule has 0 bridgehead atoms. The fraction of sp³-hybridized carbons (Fsp3) is 0.455. The lowest BCUT2D eigenvalue weighted by atomic mass is 10.2. The van der Waals surface area contributed by atoms with Crippen LogP contribution in [0.15, 0.2) is 23.1 Å². The molecular weight excluding hydrogens is 226 g/mol. The molecule has 5 heteroatoms. The molecule has 0 aliphatic carbocycles. The van der Waals surface area contributed by atoms with Gasteiger partial charge in [0, 0.05) is 12.6 Å². The standard InChI is InChI=1S/C11H15NO3S/c1-8-2-3-10-11(6-8)16(14,15)7-9(12-10)4-5-13/h2-3,6,9,12-13H,4-5,7H2,1H3. The minimum absolute atomic E-state index is 0.00557. The van der Waals surface area contributed by atoms with Crippen molar-refractivity contribution in [2.75, 3.05) is 17.7 Å². The Kier molecular flexibility index (Phi) is 2.90. The zero-order chi connectivity index (χ0) is 11.8. The number of aliphatic hydroxyl groups is 1. The molecule has 0 fully saturated rings. The van der Waals surface area contributed by atoms with E-state index in [1.54, 1.807) is 12.1 Å². The third kappa shape index (κ3) is 2.05. The van der Waals surface area contributed by atoms with Crippen molar-refractivity contribution in [2.24, 2.45) is 0 Å². The Hall–Kier alpha value is -1.07. The highest BCUT2D eigenvalue weighted by molar-refractivity contribution is 7.91. The number of hydrogen-bond donors (Lipinski definition) is 2. The van der Waals surface area contributed by atoms with Crippen LogP contribution in [0.5, 0.6) is 0 Å². The lowest BCUT2D eigenvalue weighted by molar-refractivity contribution is 0.282. The van der Waals surface area contributed by atoms with Crippen molar-refractivity contribution >= 4 is 15.5 Å². The Morgan fingerprint density at radius 3 is 2.94 bits per heavy atom. The van der Waals surface area contributed by atoms with Crippen LogP contribution in [0.25, 0.3) is 0 Å². The molecule has 1 aliphatic heterocycles.